The van der Waals surface area contributed by atoms with Crippen LogP contribution in [0.15, 0.2) is 59.6 Å². The fourth-order valence-electron chi connectivity index (χ4n) is 2.38. The van der Waals surface area contributed by atoms with Crippen molar-refractivity contribution in [2.75, 3.05) is 26.2 Å². The van der Waals surface area contributed by atoms with E-state index in [4.69, 9.17) is 11.6 Å². The third-order valence-corrected chi connectivity index (χ3v) is 3.88. The summed E-state index contributed by atoms with van der Waals surface area (Å²) in [7, 11) is 0. The molecule has 2 aromatic rings. The fourth-order valence-corrected chi connectivity index (χ4v) is 2.59. The molecule has 2 rings (SSSR count). The zero-order valence-electron chi connectivity index (χ0n) is 15.0. The number of carbonyl (C=O) groups excluding carboxylic acids is 1. The van der Waals surface area contributed by atoms with Gasteiger partial charge in [0.1, 0.15) is 0 Å². The molecule has 0 atom stereocenters. The van der Waals surface area contributed by atoms with Gasteiger partial charge in [0.05, 0.1) is 0 Å². The van der Waals surface area contributed by atoms with Gasteiger partial charge in [0.25, 0.3) is 5.91 Å². The van der Waals surface area contributed by atoms with Gasteiger partial charge in [-0.05, 0) is 43.2 Å². The lowest BCUT2D eigenvalue weighted by Gasteiger charge is -2.12. The van der Waals surface area contributed by atoms with E-state index in [0.717, 1.165) is 29.5 Å². The van der Waals surface area contributed by atoms with Crippen LogP contribution in [-0.4, -0.2) is 38.0 Å². The Kier molecular flexibility index (Phi) is 8.49. The summed E-state index contributed by atoms with van der Waals surface area (Å²) in [5, 5.41) is 10.1. The molecule has 3 N–H and O–H groups in total. The van der Waals surface area contributed by atoms with Gasteiger partial charge in [-0.15, -0.1) is 0 Å². The maximum absolute atomic E-state index is 12.0. The van der Waals surface area contributed by atoms with E-state index < -0.39 is 0 Å². The van der Waals surface area contributed by atoms with E-state index >= 15 is 0 Å². The molecule has 138 valence electrons. The number of amides is 1. The zero-order valence-corrected chi connectivity index (χ0v) is 15.7. The lowest BCUT2D eigenvalue weighted by molar-refractivity contribution is 0.0954. The Morgan fingerprint density at radius 1 is 1.00 bits per heavy atom. The van der Waals surface area contributed by atoms with Crippen molar-refractivity contribution in [3.63, 3.8) is 0 Å². The maximum Gasteiger partial charge on any atom is 0.251 e. The van der Waals surface area contributed by atoms with E-state index in [0.29, 0.717) is 25.2 Å². The summed E-state index contributed by atoms with van der Waals surface area (Å²) >= 11 is 6.00. The molecule has 0 radical (unpaired) electrons. The number of nitrogens with one attached hydrogen (secondary N) is 3. The van der Waals surface area contributed by atoms with Gasteiger partial charge in [0.15, 0.2) is 5.96 Å². The molecule has 0 aliphatic carbocycles. The highest BCUT2D eigenvalue weighted by atomic mass is 35.5. The Bertz CT molecular complexity index is 719. The Morgan fingerprint density at radius 3 is 2.50 bits per heavy atom. The molecule has 2 aromatic carbocycles. The number of aliphatic imine (C=N–C) groups is 1. The van der Waals surface area contributed by atoms with E-state index in [-0.39, 0.29) is 5.91 Å². The van der Waals surface area contributed by atoms with E-state index in [1.807, 2.05) is 49.4 Å². The third kappa shape index (κ3) is 7.15. The third-order valence-electron chi connectivity index (χ3n) is 3.64. The van der Waals surface area contributed by atoms with Gasteiger partial charge in [0, 0.05) is 36.8 Å². The van der Waals surface area contributed by atoms with Crippen molar-refractivity contribution in [3.05, 3.63) is 70.7 Å². The van der Waals surface area contributed by atoms with Crippen LogP contribution in [0.5, 0.6) is 0 Å². The van der Waals surface area contributed by atoms with Gasteiger partial charge in [-0.1, -0.05) is 41.9 Å². The van der Waals surface area contributed by atoms with Crippen molar-refractivity contribution >= 4 is 23.5 Å². The predicted octanol–water partition coefficient (Wildman–Crippen LogP) is 2.87. The van der Waals surface area contributed by atoms with Gasteiger partial charge in [-0.2, -0.15) is 0 Å². The minimum absolute atomic E-state index is 0.0738. The lowest BCUT2D eigenvalue weighted by atomic mass is 10.1. The first-order valence-corrected chi connectivity index (χ1v) is 9.16. The summed E-state index contributed by atoms with van der Waals surface area (Å²) in [6.45, 7) is 4.57. The molecule has 5 nitrogen and oxygen atoms in total. The molecule has 0 saturated carbocycles. The van der Waals surface area contributed by atoms with Gasteiger partial charge in [-0.25, -0.2) is 0 Å². The quantitative estimate of drug-likeness (QED) is 0.379. The van der Waals surface area contributed by atoms with Crippen LogP contribution in [-0.2, 0) is 6.42 Å². The summed E-state index contributed by atoms with van der Waals surface area (Å²) < 4.78 is 0. The molecular formula is C20H25ClN4O. The van der Waals surface area contributed by atoms with Crippen molar-refractivity contribution < 1.29 is 4.79 Å². The van der Waals surface area contributed by atoms with Crippen molar-refractivity contribution in [1.29, 1.82) is 0 Å². The van der Waals surface area contributed by atoms with E-state index in [2.05, 4.69) is 20.9 Å². The van der Waals surface area contributed by atoms with Crippen LogP contribution in [0.3, 0.4) is 0 Å². The highest BCUT2D eigenvalue weighted by molar-refractivity contribution is 6.30. The molecule has 0 fully saturated rings. The van der Waals surface area contributed by atoms with Crippen LogP contribution in [0.2, 0.25) is 5.02 Å². The molecule has 0 spiro atoms. The Labute approximate surface area is 159 Å². The monoisotopic (exact) mass is 372 g/mol. The second-order valence-electron chi connectivity index (χ2n) is 5.69. The van der Waals surface area contributed by atoms with Crippen LogP contribution in [0.4, 0.5) is 0 Å². The maximum atomic E-state index is 12.0. The van der Waals surface area contributed by atoms with Crippen molar-refractivity contribution in [2.24, 2.45) is 4.99 Å². The van der Waals surface area contributed by atoms with E-state index in [1.54, 1.807) is 12.1 Å². The molecule has 26 heavy (non-hydrogen) atoms. The molecule has 6 heteroatoms. The number of halogens is 1. The first-order valence-electron chi connectivity index (χ1n) is 8.79. The number of hydrogen-bond acceptors (Lipinski definition) is 2. The van der Waals surface area contributed by atoms with Gasteiger partial charge >= 0.3 is 0 Å². The number of nitrogens with zero attached hydrogens (tertiary/aromatic N) is 1. The SMILES string of the molecule is CCNC(=NCCc1cccc(Cl)c1)NCCNC(=O)c1ccccc1. The van der Waals surface area contributed by atoms with Gasteiger partial charge in [0.2, 0.25) is 0 Å². The van der Waals surface area contributed by atoms with Crippen LogP contribution in [0.1, 0.15) is 22.8 Å². The first kappa shape index (κ1) is 19.8. The van der Waals surface area contributed by atoms with Crippen molar-refractivity contribution in [1.82, 2.24) is 16.0 Å². The Balaban J connectivity index is 1.74. The molecule has 0 unspecified atom stereocenters. The van der Waals surface area contributed by atoms with E-state index in [1.165, 1.54) is 0 Å². The minimum atomic E-state index is -0.0738. The summed E-state index contributed by atoms with van der Waals surface area (Å²) in [6, 6.07) is 17.0. The number of guanidine groups is 1. The average molecular weight is 373 g/mol. The van der Waals surface area contributed by atoms with Crippen LogP contribution in [0, 0.1) is 0 Å². The topological polar surface area (TPSA) is 65.5 Å². The molecular weight excluding hydrogens is 348 g/mol. The van der Waals surface area contributed by atoms with Gasteiger partial charge < -0.3 is 16.0 Å². The first-order chi connectivity index (χ1) is 12.7. The Hall–Kier alpha value is -2.53. The van der Waals surface area contributed by atoms with Gasteiger partial charge in [-0.3, -0.25) is 9.79 Å². The Morgan fingerprint density at radius 2 is 1.77 bits per heavy atom. The summed E-state index contributed by atoms with van der Waals surface area (Å²) in [5.74, 6) is 0.666. The molecule has 0 saturated heterocycles. The molecule has 1 amide bonds. The predicted molar refractivity (Wildman–Crippen MR) is 108 cm³/mol. The van der Waals surface area contributed by atoms with Crippen LogP contribution in [0.25, 0.3) is 0 Å². The average Bonchev–Trinajstić information content (AvgIpc) is 2.65. The fraction of sp³-hybridized carbons (Fsp3) is 0.300. The molecule has 0 bridgehead atoms. The number of rotatable bonds is 8. The number of benzene rings is 2. The minimum Gasteiger partial charge on any atom is -0.357 e. The largest absolute Gasteiger partial charge is 0.357 e. The molecule has 0 aromatic heterocycles. The summed E-state index contributed by atoms with van der Waals surface area (Å²) in [6.07, 6.45) is 0.821. The van der Waals surface area contributed by atoms with Crippen LogP contribution >= 0.6 is 11.6 Å². The molecule has 0 aliphatic rings. The lowest BCUT2D eigenvalue weighted by Crippen LogP contribution is -2.41. The smallest absolute Gasteiger partial charge is 0.251 e. The molecule has 0 heterocycles. The zero-order chi connectivity index (χ0) is 18.6. The highest BCUT2D eigenvalue weighted by Crippen LogP contribution is 2.10. The molecule has 0 aliphatic heterocycles. The van der Waals surface area contributed by atoms with Crippen LogP contribution < -0.4 is 16.0 Å². The standard InChI is InChI=1S/C20H25ClN4O/c1-2-22-20(24-12-11-16-7-6-10-18(21)15-16)25-14-13-23-19(26)17-8-4-3-5-9-17/h3-10,15H,2,11-14H2,1H3,(H,23,26)(H2,22,24,25). The second-order valence-corrected chi connectivity index (χ2v) is 6.13. The normalized spacial score (nSPS) is 11.1. The highest BCUT2D eigenvalue weighted by Gasteiger charge is 2.03. The second kappa shape index (κ2) is 11.2. The van der Waals surface area contributed by atoms with Crippen molar-refractivity contribution in [3.8, 4) is 0 Å². The number of carbonyl (C=O) groups is 1. The van der Waals surface area contributed by atoms with E-state index in [9.17, 15) is 4.79 Å². The van der Waals surface area contributed by atoms with Crippen molar-refractivity contribution in [2.45, 2.75) is 13.3 Å². The number of hydrogen-bond donors (Lipinski definition) is 3. The summed E-state index contributed by atoms with van der Waals surface area (Å²) in [5.41, 5.74) is 1.82. The summed E-state index contributed by atoms with van der Waals surface area (Å²) in [4.78, 5) is 16.5.